The van der Waals surface area contributed by atoms with Crippen LogP contribution in [-0.2, 0) is 0 Å². The molecule has 0 spiro atoms. The lowest BCUT2D eigenvalue weighted by atomic mass is 10.1. The molecule has 22 heavy (non-hydrogen) atoms. The Morgan fingerprint density at radius 1 is 0.455 bits per heavy atom. The minimum atomic E-state index is 1.32. The minimum Gasteiger partial charge on any atom is -0.0683 e. The molecule has 0 aliphatic rings. The molecule has 0 unspecified atom stereocenters. The lowest BCUT2D eigenvalue weighted by Gasteiger charge is -1.96. The molecule has 0 radical (unpaired) electrons. The van der Waals surface area contributed by atoms with Gasteiger partial charge in [0.1, 0.15) is 0 Å². The van der Waals surface area contributed by atoms with Crippen molar-refractivity contribution >= 4 is 10.8 Å². The largest absolute Gasteiger partial charge is 0.0683 e. The fourth-order valence-corrected chi connectivity index (χ4v) is 1.84. The molecule has 118 valence electrons. The smallest absolute Gasteiger partial charge is 0.0181 e. The molecule has 0 fully saturated rings. The van der Waals surface area contributed by atoms with Crippen molar-refractivity contribution in [1.29, 1.82) is 0 Å². The van der Waals surface area contributed by atoms with Gasteiger partial charge >= 0.3 is 0 Å². The first-order valence-corrected chi connectivity index (χ1v) is 8.23. The van der Waals surface area contributed by atoms with Crippen molar-refractivity contribution in [1.82, 2.24) is 0 Å². The van der Waals surface area contributed by atoms with Crippen LogP contribution < -0.4 is 0 Å². The maximum atomic E-state index is 2.20. The number of benzene rings is 3. The first-order chi connectivity index (χ1) is 10.8. The molecule has 0 bridgehead atoms. The SMILES string of the molecule is CC.CC.Cc1ccc2ccccc2c1.Cc1ccccc1. The zero-order chi connectivity index (χ0) is 16.8. The standard InChI is InChI=1S/C11H10.C7H8.2C2H6/c1-9-6-7-10-4-2-3-5-11(10)8-9;1-7-5-3-2-4-6-7;2*1-2/h2-8H,1H3;2-6H,1H3;2*1-2H3. The number of aryl methyl sites for hydroxylation is 2. The maximum Gasteiger partial charge on any atom is -0.0181 e. The first-order valence-electron chi connectivity index (χ1n) is 8.23. The topological polar surface area (TPSA) is 0 Å². The monoisotopic (exact) mass is 294 g/mol. The van der Waals surface area contributed by atoms with Gasteiger partial charge in [-0.15, -0.1) is 0 Å². The molecule has 3 rings (SSSR count). The second kappa shape index (κ2) is 12.6. The van der Waals surface area contributed by atoms with Crippen molar-refractivity contribution in [2.24, 2.45) is 0 Å². The molecule has 0 saturated heterocycles. The molecule has 0 amide bonds. The average molecular weight is 294 g/mol. The van der Waals surface area contributed by atoms with Crippen LogP contribution in [0.3, 0.4) is 0 Å². The molecule has 3 aromatic carbocycles. The van der Waals surface area contributed by atoms with E-state index < -0.39 is 0 Å². The molecule has 0 N–H and O–H groups in total. The Hall–Kier alpha value is -2.08. The van der Waals surface area contributed by atoms with E-state index in [0.717, 1.165) is 0 Å². The quantitative estimate of drug-likeness (QED) is 0.411. The summed E-state index contributed by atoms with van der Waals surface area (Å²) in [4.78, 5) is 0. The van der Waals surface area contributed by atoms with Gasteiger partial charge in [-0.1, -0.05) is 112 Å². The Morgan fingerprint density at radius 3 is 1.45 bits per heavy atom. The predicted octanol–water partition coefficient (Wildman–Crippen LogP) is 7.20. The van der Waals surface area contributed by atoms with Crippen LogP contribution in [0.2, 0.25) is 0 Å². The molecule has 0 nitrogen and oxygen atoms in total. The van der Waals surface area contributed by atoms with E-state index in [0.29, 0.717) is 0 Å². The number of hydrogen-bond donors (Lipinski definition) is 0. The van der Waals surface area contributed by atoms with Crippen LogP contribution in [0.15, 0.2) is 72.8 Å². The maximum absolute atomic E-state index is 2.20. The van der Waals surface area contributed by atoms with Gasteiger partial charge in [0.15, 0.2) is 0 Å². The van der Waals surface area contributed by atoms with Crippen LogP contribution in [0.1, 0.15) is 38.8 Å². The zero-order valence-corrected chi connectivity index (χ0v) is 14.9. The molecule has 0 atom stereocenters. The summed E-state index contributed by atoms with van der Waals surface area (Å²) in [7, 11) is 0. The second-order valence-corrected chi connectivity index (χ2v) is 4.51. The van der Waals surface area contributed by atoms with Gasteiger partial charge in [-0.05, 0) is 24.6 Å². The van der Waals surface area contributed by atoms with Crippen molar-refractivity contribution in [2.75, 3.05) is 0 Å². The van der Waals surface area contributed by atoms with Crippen LogP contribution in [0.4, 0.5) is 0 Å². The van der Waals surface area contributed by atoms with E-state index in [9.17, 15) is 0 Å². The van der Waals surface area contributed by atoms with Gasteiger partial charge in [-0.3, -0.25) is 0 Å². The van der Waals surface area contributed by atoms with Crippen LogP contribution in [0.5, 0.6) is 0 Å². The van der Waals surface area contributed by atoms with E-state index in [4.69, 9.17) is 0 Å². The highest BCUT2D eigenvalue weighted by atomic mass is 13.9. The molecule has 0 aliphatic heterocycles. The van der Waals surface area contributed by atoms with Crippen molar-refractivity contribution in [3.63, 3.8) is 0 Å². The summed E-state index contributed by atoms with van der Waals surface area (Å²) in [6.07, 6.45) is 0. The molecular weight excluding hydrogens is 264 g/mol. The molecule has 3 aromatic rings. The number of rotatable bonds is 0. The molecule has 0 aromatic heterocycles. The van der Waals surface area contributed by atoms with Crippen LogP contribution in [-0.4, -0.2) is 0 Å². The molecule has 0 heteroatoms. The van der Waals surface area contributed by atoms with E-state index in [1.54, 1.807) is 0 Å². The van der Waals surface area contributed by atoms with Gasteiger partial charge in [-0.2, -0.15) is 0 Å². The highest BCUT2D eigenvalue weighted by molar-refractivity contribution is 5.82. The summed E-state index contributed by atoms with van der Waals surface area (Å²) < 4.78 is 0. The molecule has 0 aliphatic carbocycles. The fraction of sp³-hybridized carbons (Fsp3) is 0.273. The summed E-state index contributed by atoms with van der Waals surface area (Å²) in [5.41, 5.74) is 2.64. The molecule has 0 saturated carbocycles. The molecular formula is C22H30. The third-order valence-electron chi connectivity index (χ3n) is 2.85. The lowest BCUT2D eigenvalue weighted by molar-refractivity contribution is 1.48. The van der Waals surface area contributed by atoms with Crippen LogP contribution in [0.25, 0.3) is 10.8 Å². The van der Waals surface area contributed by atoms with E-state index in [-0.39, 0.29) is 0 Å². The Labute approximate surface area is 136 Å². The van der Waals surface area contributed by atoms with Gasteiger partial charge in [0, 0.05) is 0 Å². The Balaban J connectivity index is 0.000000348. The third-order valence-corrected chi connectivity index (χ3v) is 2.85. The fourth-order valence-electron chi connectivity index (χ4n) is 1.84. The van der Waals surface area contributed by atoms with E-state index in [1.807, 2.05) is 45.9 Å². The van der Waals surface area contributed by atoms with Gasteiger partial charge in [0.25, 0.3) is 0 Å². The molecule has 0 heterocycles. The highest BCUT2D eigenvalue weighted by Crippen LogP contribution is 2.14. The summed E-state index contributed by atoms with van der Waals surface area (Å²) in [5.74, 6) is 0. The van der Waals surface area contributed by atoms with Crippen LogP contribution in [0, 0.1) is 13.8 Å². The Morgan fingerprint density at radius 2 is 0.955 bits per heavy atom. The Bertz CT molecular complexity index is 609. The van der Waals surface area contributed by atoms with E-state index in [2.05, 4.69) is 68.4 Å². The van der Waals surface area contributed by atoms with Crippen molar-refractivity contribution in [2.45, 2.75) is 41.5 Å². The average Bonchev–Trinajstić information content (AvgIpc) is 2.60. The number of fused-ring (bicyclic) bond motifs is 1. The van der Waals surface area contributed by atoms with Gasteiger partial charge in [0.2, 0.25) is 0 Å². The summed E-state index contributed by atoms with van der Waals surface area (Å²) in [6, 6.07) is 25.2. The number of hydrogen-bond acceptors (Lipinski definition) is 0. The van der Waals surface area contributed by atoms with E-state index >= 15 is 0 Å². The zero-order valence-electron chi connectivity index (χ0n) is 14.9. The lowest BCUT2D eigenvalue weighted by Crippen LogP contribution is -1.73. The van der Waals surface area contributed by atoms with Crippen LogP contribution >= 0.6 is 0 Å². The van der Waals surface area contributed by atoms with Crippen molar-refractivity contribution in [3.8, 4) is 0 Å². The van der Waals surface area contributed by atoms with Crippen molar-refractivity contribution in [3.05, 3.63) is 83.9 Å². The van der Waals surface area contributed by atoms with E-state index in [1.165, 1.54) is 21.9 Å². The third kappa shape index (κ3) is 7.64. The second-order valence-electron chi connectivity index (χ2n) is 4.51. The van der Waals surface area contributed by atoms with Crippen molar-refractivity contribution < 1.29 is 0 Å². The first kappa shape index (κ1) is 19.9. The van der Waals surface area contributed by atoms with Gasteiger partial charge in [-0.25, -0.2) is 0 Å². The highest BCUT2D eigenvalue weighted by Gasteiger charge is 1.89. The predicted molar refractivity (Wildman–Crippen MR) is 103 cm³/mol. The van der Waals surface area contributed by atoms with Gasteiger partial charge < -0.3 is 0 Å². The minimum absolute atomic E-state index is 1.32. The summed E-state index contributed by atoms with van der Waals surface area (Å²) in [6.45, 7) is 12.2. The van der Waals surface area contributed by atoms with Gasteiger partial charge in [0.05, 0.1) is 0 Å². The Kier molecular flexibility index (Phi) is 11.4. The summed E-state index contributed by atoms with van der Waals surface area (Å²) in [5, 5.41) is 2.64. The summed E-state index contributed by atoms with van der Waals surface area (Å²) >= 11 is 0. The normalized spacial score (nSPS) is 8.45.